The molecule has 4 nitrogen and oxygen atoms in total. The SMILES string of the molecule is C(=N/Nc1nc(-c2ccccc2)cs1)/c1cn(Cc2ccccc2)c2ccccc12. The second kappa shape index (κ2) is 8.35. The van der Waals surface area contributed by atoms with E-state index in [9.17, 15) is 0 Å². The highest BCUT2D eigenvalue weighted by molar-refractivity contribution is 7.14. The highest BCUT2D eigenvalue weighted by Gasteiger charge is 2.07. The summed E-state index contributed by atoms with van der Waals surface area (Å²) in [5.41, 5.74) is 8.69. The Balaban J connectivity index is 1.37. The van der Waals surface area contributed by atoms with Crippen molar-refractivity contribution in [3.8, 4) is 11.3 Å². The first-order chi connectivity index (χ1) is 14.9. The van der Waals surface area contributed by atoms with Crippen LogP contribution in [0, 0.1) is 0 Å². The highest BCUT2D eigenvalue weighted by Crippen LogP contribution is 2.25. The second-order valence-corrected chi connectivity index (χ2v) is 7.85. The number of nitrogens with zero attached hydrogens (tertiary/aromatic N) is 3. The first-order valence-electron chi connectivity index (χ1n) is 9.79. The van der Waals surface area contributed by atoms with Gasteiger partial charge in [-0.2, -0.15) is 5.10 Å². The molecule has 0 spiro atoms. The minimum atomic E-state index is 0.776. The fraction of sp³-hybridized carbons (Fsp3) is 0.0400. The Bertz CT molecular complexity index is 1290. The summed E-state index contributed by atoms with van der Waals surface area (Å²) in [7, 11) is 0. The van der Waals surface area contributed by atoms with Crippen LogP contribution in [0.5, 0.6) is 0 Å². The van der Waals surface area contributed by atoms with Crippen LogP contribution in [-0.2, 0) is 6.54 Å². The molecule has 5 rings (SSSR count). The molecule has 0 aliphatic carbocycles. The van der Waals surface area contributed by atoms with Gasteiger partial charge in [-0.15, -0.1) is 11.3 Å². The van der Waals surface area contributed by atoms with Crippen molar-refractivity contribution >= 4 is 33.6 Å². The smallest absolute Gasteiger partial charge is 0.203 e. The van der Waals surface area contributed by atoms with Crippen molar-refractivity contribution in [2.24, 2.45) is 5.10 Å². The van der Waals surface area contributed by atoms with Crippen molar-refractivity contribution in [1.29, 1.82) is 0 Å². The molecule has 0 bridgehead atoms. The van der Waals surface area contributed by atoms with Gasteiger partial charge in [0, 0.05) is 40.2 Å². The van der Waals surface area contributed by atoms with Crippen LogP contribution in [0.25, 0.3) is 22.2 Å². The standard InChI is InChI=1S/C25H20N4S/c1-3-9-19(10-4-1)16-29-17-21(22-13-7-8-14-24(22)29)15-26-28-25-27-23(18-30-25)20-11-5-2-6-12-20/h1-15,17-18H,16H2,(H,27,28)/b26-15-. The molecule has 0 radical (unpaired) electrons. The summed E-state index contributed by atoms with van der Waals surface area (Å²) in [5.74, 6) is 0. The molecular formula is C25H20N4S. The average molecular weight is 409 g/mol. The van der Waals surface area contributed by atoms with Crippen molar-refractivity contribution in [1.82, 2.24) is 9.55 Å². The molecule has 5 aromatic rings. The molecule has 0 aliphatic rings. The monoisotopic (exact) mass is 408 g/mol. The van der Waals surface area contributed by atoms with Crippen LogP contribution in [0.1, 0.15) is 11.1 Å². The number of anilines is 1. The number of thiazole rings is 1. The molecule has 5 heteroatoms. The summed E-state index contributed by atoms with van der Waals surface area (Å²) < 4.78 is 2.27. The molecule has 2 heterocycles. The van der Waals surface area contributed by atoms with Gasteiger partial charge in [0.2, 0.25) is 5.13 Å². The zero-order valence-corrected chi connectivity index (χ0v) is 17.1. The van der Waals surface area contributed by atoms with E-state index in [0.717, 1.165) is 28.5 Å². The van der Waals surface area contributed by atoms with Gasteiger partial charge >= 0.3 is 0 Å². The first-order valence-corrected chi connectivity index (χ1v) is 10.7. The zero-order valence-electron chi connectivity index (χ0n) is 16.3. The van der Waals surface area contributed by atoms with Crippen LogP contribution < -0.4 is 5.43 Å². The lowest BCUT2D eigenvalue weighted by molar-refractivity contribution is 0.836. The van der Waals surface area contributed by atoms with E-state index in [-0.39, 0.29) is 0 Å². The number of hydrogen-bond donors (Lipinski definition) is 1. The average Bonchev–Trinajstić information content (AvgIpc) is 3.41. The van der Waals surface area contributed by atoms with Crippen LogP contribution >= 0.6 is 11.3 Å². The van der Waals surface area contributed by atoms with E-state index in [4.69, 9.17) is 0 Å². The van der Waals surface area contributed by atoms with Gasteiger partial charge in [-0.3, -0.25) is 5.43 Å². The summed E-state index contributed by atoms with van der Waals surface area (Å²) in [6.07, 6.45) is 4.02. The number of benzene rings is 3. The van der Waals surface area contributed by atoms with Gasteiger partial charge < -0.3 is 4.57 Å². The maximum absolute atomic E-state index is 4.62. The van der Waals surface area contributed by atoms with E-state index < -0.39 is 0 Å². The third-order valence-corrected chi connectivity index (χ3v) is 5.70. The van der Waals surface area contributed by atoms with Gasteiger partial charge in [0.25, 0.3) is 0 Å². The Morgan fingerprint density at radius 1 is 0.900 bits per heavy atom. The molecule has 0 saturated heterocycles. The lowest BCUT2D eigenvalue weighted by Crippen LogP contribution is -1.97. The maximum Gasteiger partial charge on any atom is 0.203 e. The normalized spacial score (nSPS) is 11.3. The fourth-order valence-corrected chi connectivity index (χ4v) is 4.18. The number of nitrogens with one attached hydrogen (secondary N) is 1. The Morgan fingerprint density at radius 2 is 1.63 bits per heavy atom. The van der Waals surface area contributed by atoms with E-state index in [0.29, 0.717) is 0 Å². The Hall–Kier alpha value is -3.70. The quantitative estimate of drug-likeness (QED) is 0.266. The second-order valence-electron chi connectivity index (χ2n) is 6.99. The van der Waals surface area contributed by atoms with Gasteiger partial charge in [-0.25, -0.2) is 4.98 Å². The highest BCUT2D eigenvalue weighted by atomic mass is 32.1. The van der Waals surface area contributed by atoms with Gasteiger partial charge in [0.05, 0.1) is 11.9 Å². The number of fused-ring (bicyclic) bond motifs is 1. The van der Waals surface area contributed by atoms with E-state index >= 15 is 0 Å². The van der Waals surface area contributed by atoms with Crippen LogP contribution in [-0.4, -0.2) is 15.8 Å². The molecule has 0 atom stereocenters. The molecule has 0 unspecified atom stereocenters. The van der Waals surface area contributed by atoms with Crippen LogP contribution in [0.2, 0.25) is 0 Å². The largest absolute Gasteiger partial charge is 0.342 e. The minimum absolute atomic E-state index is 0.776. The lowest BCUT2D eigenvalue weighted by Gasteiger charge is -2.05. The van der Waals surface area contributed by atoms with Crippen LogP contribution in [0.4, 0.5) is 5.13 Å². The molecule has 146 valence electrons. The summed E-state index contributed by atoms with van der Waals surface area (Å²) in [6.45, 7) is 0.829. The van der Waals surface area contributed by atoms with E-state index in [1.165, 1.54) is 16.5 Å². The Morgan fingerprint density at radius 3 is 2.47 bits per heavy atom. The lowest BCUT2D eigenvalue weighted by atomic mass is 10.2. The predicted octanol–water partition coefficient (Wildman–Crippen LogP) is 6.26. The van der Waals surface area contributed by atoms with Crippen LogP contribution in [0.3, 0.4) is 0 Å². The van der Waals surface area contributed by atoms with Crippen molar-refractivity contribution in [2.45, 2.75) is 6.54 Å². The van der Waals surface area contributed by atoms with Crippen molar-refractivity contribution in [3.05, 3.63) is 108 Å². The molecule has 1 N–H and O–H groups in total. The van der Waals surface area contributed by atoms with Crippen molar-refractivity contribution < 1.29 is 0 Å². The van der Waals surface area contributed by atoms with Crippen molar-refractivity contribution in [2.75, 3.05) is 5.43 Å². The molecule has 0 amide bonds. The fourth-order valence-electron chi connectivity index (χ4n) is 3.51. The number of aromatic nitrogens is 2. The van der Waals surface area contributed by atoms with Crippen LogP contribution in [0.15, 0.2) is 102 Å². The van der Waals surface area contributed by atoms with E-state index in [1.54, 1.807) is 11.3 Å². The summed E-state index contributed by atoms with van der Waals surface area (Å²) in [5, 5.41) is 8.45. The topological polar surface area (TPSA) is 42.2 Å². The summed E-state index contributed by atoms with van der Waals surface area (Å²) >= 11 is 1.55. The zero-order chi connectivity index (χ0) is 20.2. The molecule has 2 aromatic heterocycles. The van der Waals surface area contributed by atoms with E-state index in [2.05, 4.69) is 86.9 Å². The molecule has 30 heavy (non-hydrogen) atoms. The number of rotatable bonds is 6. The minimum Gasteiger partial charge on any atom is -0.342 e. The molecule has 0 fully saturated rings. The predicted molar refractivity (Wildman–Crippen MR) is 126 cm³/mol. The Labute approximate surface area is 179 Å². The van der Waals surface area contributed by atoms with Gasteiger partial charge in [-0.1, -0.05) is 78.9 Å². The van der Waals surface area contributed by atoms with Crippen molar-refractivity contribution in [3.63, 3.8) is 0 Å². The molecule has 3 aromatic carbocycles. The number of hydrogen-bond acceptors (Lipinski definition) is 4. The van der Waals surface area contributed by atoms with E-state index in [1.807, 2.05) is 35.9 Å². The molecule has 0 aliphatic heterocycles. The summed E-state index contributed by atoms with van der Waals surface area (Å²) in [6, 6.07) is 29.1. The number of para-hydroxylation sites is 1. The van der Waals surface area contributed by atoms with Gasteiger partial charge in [0.15, 0.2) is 0 Å². The third-order valence-electron chi connectivity index (χ3n) is 4.95. The van der Waals surface area contributed by atoms with Gasteiger partial charge in [-0.05, 0) is 11.6 Å². The molecular weight excluding hydrogens is 388 g/mol. The summed E-state index contributed by atoms with van der Waals surface area (Å²) in [4.78, 5) is 4.62. The Kier molecular flexibility index (Phi) is 5.10. The first kappa shape index (κ1) is 18.3. The number of hydrazone groups is 1. The molecule has 0 saturated carbocycles. The third kappa shape index (κ3) is 3.88. The maximum atomic E-state index is 4.62. The van der Waals surface area contributed by atoms with Gasteiger partial charge in [0.1, 0.15) is 0 Å².